The number of carboxylic acid groups (broad SMARTS) is 1. The van der Waals surface area contributed by atoms with Gasteiger partial charge >= 0.3 is 5.97 Å². The van der Waals surface area contributed by atoms with Crippen molar-refractivity contribution in [2.24, 2.45) is 0 Å². The molecule has 2 heterocycles. The Kier molecular flexibility index (Phi) is 4.14. The molecule has 2 rings (SSSR count). The Balaban J connectivity index is 1.84. The molecule has 94 valence electrons. The van der Waals surface area contributed by atoms with E-state index in [9.17, 15) is 4.79 Å². The maximum Gasteiger partial charge on any atom is 0.303 e. The lowest BCUT2D eigenvalue weighted by Crippen LogP contribution is -2.19. The van der Waals surface area contributed by atoms with E-state index >= 15 is 0 Å². The summed E-state index contributed by atoms with van der Waals surface area (Å²) in [5.41, 5.74) is 1.12. The van der Waals surface area contributed by atoms with Gasteiger partial charge in [-0.05, 0) is 31.2 Å². The Bertz CT molecular complexity index is 370. The van der Waals surface area contributed by atoms with Crippen LogP contribution in [0.15, 0.2) is 12.4 Å². The van der Waals surface area contributed by atoms with Gasteiger partial charge in [0.2, 0.25) is 0 Å². The predicted octanol–water partition coefficient (Wildman–Crippen LogP) is 1.64. The molecule has 0 atom stereocenters. The lowest BCUT2D eigenvalue weighted by molar-refractivity contribution is -0.137. The average molecular weight is 238 g/mol. The number of rotatable bonds is 5. The first-order chi connectivity index (χ1) is 8.25. The molecule has 1 aromatic rings. The first-order valence-corrected chi connectivity index (χ1v) is 6.08. The minimum absolute atomic E-state index is 0.225. The molecule has 0 aliphatic carbocycles. The molecule has 0 amide bonds. The second-order valence-corrected chi connectivity index (χ2v) is 4.42. The van der Waals surface area contributed by atoms with E-state index in [1.165, 1.54) is 0 Å². The fraction of sp³-hybridized carbons (Fsp3) is 0.667. The van der Waals surface area contributed by atoms with Crippen LogP contribution in [0.5, 0.6) is 0 Å². The summed E-state index contributed by atoms with van der Waals surface area (Å²) in [7, 11) is 0. The lowest BCUT2D eigenvalue weighted by Gasteiger charge is -2.22. The highest BCUT2D eigenvalue weighted by Gasteiger charge is 2.16. The van der Waals surface area contributed by atoms with Crippen LogP contribution >= 0.6 is 0 Å². The summed E-state index contributed by atoms with van der Waals surface area (Å²) in [6.07, 6.45) is 7.59. The molecule has 0 unspecified atom stereocenters. The zero-order chi connectivity index (χ0) is 12.1. The van der Waals surface area contributed by atoms with Crippen LogP contribution in [0.2, 0.25) is 0 Å². The average Bonchev–Trinajstić information content (AvgIpc) is 2.78. The van der Waals surface area contributed by atoms with Crippen LogP contribution in [0.25, 0.3) is 0 Å². The summed E-state index contributed by atoms with van der Waals surface area (Å²) >= 11 is 0. The molecule has 5 nitrogen and oxygen atoms in total. The smallest absolute Gasteiger partial charge is 0.303 e. The van der Waals surface area contributed by atoms with Crippen molar-refractivity contribution in [2.75, 3.05) is 13.2 Å². The van der Waals surface area contributed by atoms with E-state index in [1.807, 2.05) is 17.1 Å². The molecular weight excluding hydrogens is 220 g/mol. The maximum atomic E-state index is 10.4. The third kappa shape index (κ3) is 3.56. The molecule has 0 radical (unpaired) electrons. The minimum Gasteiger partial charge on any atom is -0.481 e. The zero-order valence-corrected chi connectivity index (χ0v) is 9.84. The van der Waals surface area contributed by atoms with E-state index in [2.05, 4.69) is 5.10 Å². The van der Waals surface area contributed by atoms with E-state index in [0.29, 0.717) is 12.5 Å². The van der Waals surface area contributed by atoms with Gasteiger partial charge in [-0.1, -0.05) is 0 Å². The SMILES string of the molecule is O=C(O)CCCc1cnn(C2CCOCC2)c1. The molecule has 1 fully saturated rings. The topological polar surface area (TPSA) is 64.3 Å². The summed E-state index contributed by atoms with van der Waals surface area (Å²) in [5, 5.41) is 12.9. The van der Waals surface area contributed by atoms with E-state index in [1.54, 1.807) is 0 Å². The molecule has 1 aliphatic rings. The fourth-order valence-corrected chi connectivity index (χ4v) is 2.10. The van der Waals surface area contributed by atoms with Crippen molar-refractivity contribution in [2.45, 2.75) is 38.1 Å². The summed E-state index contributed by atoms with van der Waals surface area (Å²) in [5.74, 6) is -0.734. The molecule has 5 heteroatoms. The number of carbonyl (C=O) groups is 1. The Morgan fingerprint density at radius 1 is 1.53 bits per heavy atom. The number of aromatic nitrogens is 2. The van der Waals surface area contributed by atoms with Gasteiger partial charge in [0.25, 0.3) is 0 Å². The van der Waals surface area contributed by atoms with Gasteiger partial charge in [0.05, 0.1) is 12.2 Å². The minimum atomic E-state index is -0.734. The zero-order valence-electron chi connectivity index (χ0n) is 9.84. The number of hydrogen-bond donors (Lipinski definition) is 1. The Hall–Kier alpha value is -1.36. The molecule has 0 spiro atoms. The van der Waals surface area contributed by atoms with Crippen molar-refractivity contribution in [3.8, 4) is 0 Å². The van der Waals surface area contributed by atoms with Crippen LogP contribution in [-0.4, -0.2) is 34.1 Å². The molecule has 1 aliphatic heterocycles. The highest BCUT2D eigenvalue weighted by atomic mass is 16.5. The third-order valence-electron chi connectivity index (χ3n) is 3.08. The summed E-state index contributed by atoms with van der Waals surface area (Å²) in [4.78, 5) is 10.4. The number of ether oxygens (including phenoxy) is 1. The van der Waals surface area contributed by atoms with Gasteiger partial charge in [0.1, 0.15) is 0 Å². The third-order valence-corrected chi connectivity index (χ3v) is 3.08. The van der Waals surface area contributed by atoms with Gasteiger partial charge in [-0.25, -0.2) is 0 Å². The molecular formula is C12H18N2O3. The van der Waals surface area contributed by atoms with Gasteiger partial charge in [-0.2, -0.15) is 5.10 Å². The molecule has 1 aromatic heterocycles. The van der Waals surface area contributed by atoms with Crippen LogP contribution in [0, 0.1) is 0 Å². The highest BCUT2D eigenvalue weighted by Crippen LogP contribution is 2.20. The van der Waals surface area contributed by atoms with Crippen LogP contribution in [0.1, 0.15) is 37.3 Å². The number of nitrogens with zero attached hydrogens (tertiary/aromatic N) is 2. The summed E-state index contributed by atoms with van der Waals surface area (Å²) in [6, 6.07) is 0.442. The number of hydrogen-bond acceptors (Lipinski definition) is 3. The number of carboxylic acids is 1. The van der Waals surface area contributed by atoms with Crippen molar-refractivity contribution in [1.29, 1.82) is 0 Å². The Labute approximate surface area is 100 Å². The van der Waals surface area contributed by atoms with Gasteiger partial charge in [0.15, 0.2) is 0 Å². The van der Waals surface area contributed by atoms with E-state index in [-0.39, 0.29) is 6.42 Å². The quantitative estimate of drug-likeness (QED) is 0.847. The number of aryl methyl sites for hydroxylation is 1. The molecule has 1 saturated heterocycles. The van der Waals surface area contributed by atoms with E-state index < -0.39 is 5.97 Å². The van der Waals surface area contributed by atoms with Crippen molar-refractivity contribution in [3.63, 3.8) is 0 Å². The van der Waals surface area contributed by atoms with Crippen molar-refractivity contribution >= 4 is 5.97 Å². The first-order valence-electron chi connectivity index (χ1n) is 6.08. The Morgan fingerprint density at radius 3 is 3.00 bits per heavy atom. The van der Waals surface area contributed by atoms with Crippen LogP contribution in [0.3, 0.4) is 0 Å². The van der Waals surface area contributed by atoms with Crippen LogP contribution < -0.4 is 0 Å². The number of aliphatic carboxylic acids is 1. The van der Waals surface area contributed by atoms with Crippen molar-refractivity contribution in [3.05, 3.63) is 18.0 Å². The maximum absolute atomic E-state index is 10.4. The molecule has 0 saturated carbocycles. The van der Waals surface area contributed by atoms with E-state index in [0.717, 1.165) is 38.0 Å². The summed E-state index contributed by atoms with van der Waals surface area (Å²) in [6.45, 7) is 1.61. The van der Waals surface area contributed by atoms with Crippen molar-refractivity contribution < 1.29 is 14.6 Å². The van der Waals surface area contributed by atoms with Gasteiger partial charge < -0.3 is 9.84 Å². The Morgan fingerprint density at radius 2 is 2.29 bits per heavy atom. The van der Waals surface area contributed by atoms with Gasteiger partial charge in [-0.3, -0.25) is 9.48 Å². The summed E-state index contributed by atoms with van der Waals surface area (Å²) < 4.78 is 7.31. The largest absolute Gasteiger partial charge is 0.481 e. The second-order valence-electron chi connectivity index (χ2n) is 4.42. The first kappa shape index (κ1) is 12.1. The standard InChI is InChI=1S/C12H18N2O3/c15-12(16)3-1-2-10-8-13-14(9-10)11-4-6-17-7-5-11/h8-9,11H,1-7H2,(H,15,16). The fourth-order valence-electron chi connectivity index (χ4n) is 2.10. The lowest BCUT2D eigenvalue weighted by atomic mass is 10.1. The van der Waals surface area contributed by atoms with Crippen molar-refractivity contribution in [1.82, 2.24) is 9.78 Å². The monoisotopic (exact) mass is 238 g/mol. The predicted molar refractivity (Wildman–Crippen MR) is 61.9 cm³/mol. The van der Waals surface area contributed by atoms with Gasteiger partial charge in [-0.15, -0.1) is 0 Å². The second kappa shape index (κ2) is 5.82. The molecule has 17 heavy (non-hydrogen) atoms. The molecule has 1 N–H and O–H groups in total. The molecule has 0 bridgehead atoms. The van der Waals surface area contributed by atoms with Crippen LogP contribution in [-0.2, 0) is 16.0 Å². The van der Waals surface area contributed by atoms with E-state index in [4.69, 9.17) is 9.84 Å². The normalized spacial score (nSPS) is 17.2. The van der Waals surface area contributed by atoms with Gasteiger partial charge in [0, 0.05) is 25.8 Å². The molecule has 0 aromatic carbocycles. The van der Waals surface area contributed by atoms with Crippen LogP contribution in [0.4, 0.5) is 0 Å². The highest BCUT2D eigenvalue weighted by molar-refractivity contribution is 5.66.